The van der Waals surface area contributed by atoms with Crippen LogP contribution in [-0.2, 0) is 4.84 Å². The van der Waals surface area contributed by atoms with E-state index in [-0.39, 0.29) is 16.8 Å². The molecule has 0 aromatic carbocycles. The fourth-order valence-corrected chi connectivity index (χ4v) is 3.45. The summed E-state index contributed by atoms with van der Waals surface area (Å²) in [4.78, 5) is 15.6. The fraction of sp³-hybridized carbons (Fsp3) is 0.462. The minimum Gasteiger partial charge on any atom is -0.397 e. The van der Waals surface area contributed by atoms with E-state index in [1.165, 1.54) is 7.11 Å². The van der Waals surface area contributed by atoms with Crippen molar-refractivity contribution in [2.45, 2.75) is 25.8 Å². The summed E-state index contributed by atoms with van der Waals surface area (Å²) >= 11 is 19.1. The molecule has 6 nitrogen and oxygen atoms in total. The number of rotatable bonds is 4. The van der Waals surface area contributed by atoms with Gasteiger partial charge in [0.1, 0.15) is 18.1 Å². The van der Waals surface area contributed by atoms with Gasteiger partial charge in [0.15, 0.2) is 0 Å². The Labute approximate surface area is 161 Å². The Morgan fingerprint density at radius 1 is 1.43 bits per heavy atom. The Balaban J connectivity index is 2.67. The van der Waals surface area contributed by atoms with Gasteiger partial charge in [-0.3, -0.25) is 0 Å². The van der Waals surface area contributed by atoms with Crippen LogP contribution in [-0.4, -0.2) is 35.5 Å². The molecule has 23 heavy (non-hydrogen) atoms. The molecule has 2 N–H and O–H groups in total. The van der Waals surface area contributed by atoms with Crippen LogP contribution < -0.4 is 10.6 Å². The van der Waals surface area contributed by atoms with E-state index in [2.05, 4.69) is 63.6 Å². The van der Waals surface area contributed by atoms with Crippen LogP contribution in [0.3, 0.4) is 0 Å². The summed E-state index contributed by atoms with van der Waals surface area (Å²) in [6.45, 7) is 2.99. The first-order chi connectivity index (χ1) is 10.9. The highest BCUT2D eigenvalue weighted by molar-refractivity contribution is 9.17. The molecule has 1 unspecified atom stereocenters. The normalized spacial score (nSPS) is 19.8. The quantitative estimate of drug-likeness (QED) is 0.300. The third-order valence-electron chi connectivity index (χ3n) is 3.47. The molecule has 0 spiro atoms. The van der Waals surface area contributed by atoms with Crippen LogP contribution in [0.15, 0.2) is 9.10 Å². The molecule has 1 aliphatic rings. The highest BCUT2D eigenvalue weighted by Gasteiger charge is 2.28. The lowest BCUT2D eigenvalue weighted by molar-refractivity contribution is 0.213. The van der Waals surface area contributed by atoms with Crippen molar-refractivity contribution in [3.8, 4) is 0 Å². The molecule has 10 heteroatoms. The van der Waals surface area contributed by atoms with Crippen molar-refractivity contribution in [1.82, 2.24) is 9.97 Å². The molecule has 1 atom stereocenters. The molecule has 126 valence electrons. The van der Waals surface area contributed by atoms with Gasteiger partial charge in [-0.05, 0) is 51.6 Å². The molecule has 1 aromatic rings. The number of hydrogen-bond donors (Lipinski definition) is 1. The highest BCUT2D eigenvalue weighted by Crippen LogP contribution is 2.41. The second-order valence-electron chi connectivity index (χ2n) is 4.95. The van der Waals surface area contributed by atoms with Crippen LogP contribution in [0, 0.1) is 0 Å². The molecule has 0 radical (unpaired) electrons. The summed E-state index contributed by atoms with van der Waals surface area (Å²) in [7, 11) is 1.40. The average molecular weight is 488 g/mol. The summed E-state index contributed by atoms with van der Waals surface area (Å²) in [5, 5.41) is 3.89. The van der Waals surface area contributed by atoms with Crippen molar-refractivity contribution < 1.29 is 4.84 Å². The SMILES string of the molecule is CO/N=C(\N)c1nc(Cl)c(/C(Br)=C(/Cl)Br)c(N2CCCC2C)n1. The predicted molar refractivity (Wildman–Crippen MR) is 101 cm³/mol. The summed E-state index contributed by atoms with van der Waals surface area (Å²) in [5.41, 5.74) is 6.43. The summed E-state index contributed by atoms with van der Waals surface area (Å²) in [5.74, 6) is 0.920. The minimum atomic E-state index is 0.0547. The van der Waals surface area contributed by atoms with Gasteiger partial charge in [0, 0.05) is 12.6 Å². The molecule has 1 aliphatic heterocycles. The summed E-state index contributed by atoms with van der Waals surface area (Å²) < 4.78 is 0.953. The van der Waals surface area contributed by atoms with E-state index in [1.807, 2.05) is 0 Å². The van der Waals surface area contributed by atoms with Gasteiger partial charge < -0.3 is 15.5 Å². The third-order valence-corrected chi connectivity index (χ3v) is 5.89. The maximum atomic E-state index is 6.37. The molecule has 0 bridgehead atoms. The van der Waals surface area contributed by atoms with Crippen molar-refractivity contribution in [3.63, 3.8) is 0 Å². The van der Waals surface area contributed by atoms with Crippen LogP contribution in [0.2, 0.25) is 5.15 Å². The highest BCUT2D eigenvalue weighted by atomic mass is 79.9. The smallest absolute Gasteiger partial charge is 0.208 e. The molecule has 2 heterocycles. The maximum absolute atomic E-state index is 6.37. The predicted octanol–water partition coefficient (Wildman–Crippen LogP) is 4.04. The van der Waals surface area contributed by atoms with Crippen molar-refractivity contribution in [2.24, 2.45) is 10.9 Å². The summed E-state index contributed by atoms with van der Waals surface area (Å²) in [6, 6.07) is 0.322. The standard InChI is InChI=1S/C13H15Br2Cl2N5O/c1-6-4-3-5-22(6)13-7(8(14)9(15)16)10(17)19-12(20-13)11(18)21-23-2/h6H,3-5H2,1-2H3,(H2,18,21)/b9-8-. The Hall–Kier alpha value is -0.570. The number of hydrogen-bond acceptors (Lipinski definition) is 5. The van der Waals surface area contributed by atoms with E-state index in [0.29, 0.717) is 25.8 Å². The average Bonchev–Trinajstić information content (AvgIpc) is 2.91. The Kier molecular flexibility index (Phi) is 6.53. The van der Waals surface area contributed by atoms with Gasteiger partial charge in [-0.15, -0.1) is 0 Å². The lowest BCUT2D eigenvalue weighted by atomic mass is 10.2. The lowest BCUT2D eigenvalue weighted by Crippen LogP contribution is -2.30. The van der Waals surface area contributed by atoms with E-state index in [0.717, 1.165) is 19.4 Å². The number of amidine groups is 1. The van der Waals surface area contributed by atoms with Crippen LogP contribution in [0.5, 0.6) is 0 Å². The Morgan fingerprint density at radius 3 is 2.65 bits per heavy atom. The van der Waals surface area contributed by atoms with Crippen molar-refractivity contribution in [3.05, 3.63) is 20.5 Å². The Morgan fingerprint density at radius 2 is 2.13 bits per heavy atom. The summed E-state index contributed by atoms with van der Waals surface area (Å²) in [6.07, 6.45) is 2.14. The first-order valence-corrected chi connectivity index (χ1v) is 9.13. The van der Waals surface area contributed by atoms with E-state index in [1.54, 1.807) is 0 Å². The van der Waals surface area contributed by atoms with Crippen LogP contribution in [0.1, 0.15) is 31.2 Å². The van der Waals surface area contributed by atoms with Crippen molar-refractivity contribution in [1.29, 1.82) is 0 Å². The molecular weight excluding hydrogens is 473 g/mol. The third kappa shape index (κ3) is 4.10. The molecule has 2 rings (SSSR count). The van der Waals surface area contributed by atoms with Gasteiger partial charge in [0.2, 0.25) is 11.7 Å². The van der Waals surface area contributed by atoms with Crippen LogP contribution >= 0.6 is 55.1 Å². The topological polar surface area (TPSA) is 76.6 Å². The largest absolute Gasteiger partial charge is 0.397 e. The molecular formula is C13H15Br2Cl2N5O. The van der Waals surface area contributed by atoms with Gasteiger partial charge in [0.25, 0.3) is 0 Å². The lowest BCUT2D eigenvalue weighted by Gasteiger charge is -2.25. The number of halogens is 4. The number of aromatic nitrogens is 2. The van der Waals surface area contributed by atoms with Gasteiger partial charge in [0.05, 0.1) is 14.0 Å². The first-order valence-electron chi connectivity index (χ1n) is 6.79. The van der Waals surface area contributed by atoms with Gasteiger partial charge in [-0.2, -0.15) is 0 Å². The fourth-order valence-electron chi connectivity index (χ4n) is 2.42. The minimum absolute atomic E-state index is 0.0547. The van der Waals surface area contributed by atoms with Gasteiger partial charge in [-0.1, -0.05) is 28.4 Å². The Bertz CT molecular complexity index is 664. The first kappa shape index (κ1) is 18.8. The van der Waals surface area contributed by atoms with Crippen LogP contribution in [0.25, 0.3) is 4.48 Å². The monoisotopic (exact) mass is 485 g/mol. The van der Waals surface area contributed by atoms with E-state index in [4.69, 9.17) is 28.9 Å². The zero-order valence-corrected chi connectivity index (χ0v) is 17.2. The van der Waals surface area contributed by atoms with Crippen molar-refractivity contribution in [2.75, 3.05) is 18.6 Å². The number of anilines is 1. The number of nitrogens with two attached hydrogens (primary N) is 1. The second-order valence-corrected chi connectivity index (χ2v) is 7.73. The van der Waals surface area contributed by atoms with E-state index >= 15 is 0 Å². The zero-order valence-electron chi connectivity index (χ0n) is 12.5. The second kappa shape index (κ2) is 8.00. The molecule has 1 aromatic heterocycles. The molecule has 0 saturated carbocycles. The van der Waals surface area contributed by atoms with Crippen LogP contribution in [0.4, 0.5) is 5.82 Å². The number of oxime groups is 1. The molecule has 1 saturated heterocycles. The van der Waals surface area contributed by atoms with Gasteiger partial charge in [-0.25, -0.2) is 9.97 Å². The van der Waals surface area contributed by atoms with Gasteiger partial charge >= 0.3 is 0 Å². The number of nitrogens with zero attached hydrogens (tertiary/aromatic N) is 4. The van der Waals surface area contributed by atoms with Crippen molar-refractivity contribution >= 4 is 71.2 Å². The molecule has 0 aliphatic carbocycles. The maximum Gasteiger partial charge on any atom is 0.208 e. The van der Waals surface area contributed by atoms with E-state index in [9.17, 15) is 0 Å². The molecule has 0 amide bonds. The van der Waals surface area contributed by atoms with E-state index < -0.39 is 0 Å². The molecule has 1 fully saturated rings. The zero-order chi connectivity index (χ0) is 17.1.